The highest BCUT2D eigenvalue weighted by Gasteiger charge is 2.30. The van der Waals surface area contributed by atoms with E-state index in [0.717, 1.165) is 18.3 Å². The number of alkyl halides is 3. The quantitative estimate of drug-likeness (QED) is 0.860. The molecule has 0 fully saturated rings. The molecular weight excluding hydrogens is 308 g/mol. The summed E-state index contributed by atoms with van der Waals surface area (Å²) < 4.78 is 58.0. The number of nitrogens with zero attached hydrogens (tertiary/aromatic N) is 1. The average Bonchev–Trinajstić information content (AvgIpc) is 2.43. The Morgan fingerprint density at radius 2 is 1.86 bits per heavy atom. The van der Waals surface area contributed by atoms with Crippen LogP contribution in [0, 0.1) is 5.82 Å². The van der Waals surface area contributed by atoms with Crippen molar-refractivity contribution in [3.63, 3.8) is 0 Å². The van der Waals surface area contributed by atoms with Gasteiger partial charge in [-0.1, -0.05) is 12.1 Å². The zero-order valence-corrected chi connectivity index (χ0v) is 11.0. The van der Waals surface area contributed by atoms with Crippen LogP contribution in [0.3, 0.4) is 0 Å². The zero-order valence-electron chi connectivity index (χ0n) is 11.0. The van der Waals surface area contributed by atoms with Crippen LogP contribution in [0.4, 0.5) is 17.6 Å². The van der Waals surface area contributed by atoms with Gasteiger partial charge in [-0.25, -0.2) is 4.79 Å². The van der Waals surface area contributed by atoms with Crippen molar-refractivity contribution in [3.05, 3.63) is 52.3 Å². The predicted octanol–water partition coefficient (Wildman–Crippen LogP) is 2.43. The standard InChI is InChI=1S/C13H10F4N2O3/c14-10-7-18-12(20)19-11(10)21-6-5-8-1-3-9(4-2-8)22-13(15,16)17/h1-4,7H,5-6H2,(H,18,19,20). The second-order valence-electron chi connectivity index (χ2n) is 4.16. The minimum Gasteiger partial charge on any atom is -0.476 e. The van der Waals surface area contributed by atoms with E-state index in [1.54, 1.807) is 0 Å². The average molecular weight is 318 g/mol. The van der Waals surface area contributed by atoms with Gasteiger partial charge in [-0.2, -0.15) is 9.37 Å². The van der Waals surface area contributed by atoms with Gasteiger partial charge in [0.15, 0.2) is 0 Å². The van der Waals surface area contributed by atoms with Crippen molar-refractivity contribution in [3.8, 4) is 11.6 Å². The lowest BCUT2D eigenvalue weighted by molar-refractivity contribution is -0.274. The van der Waals surface area contributed by atoms with E-state index >= 15 is 0 Å². The van der Waals surface area contributed by atoms with Crippen molar-refractivity contribution < 1.29 is 27.0 Å². The molecule has 1 aromatic carbocycles. The van der Waals surface area contributed by atoms with Crippen LogP contribution in [-0.2, 0) is 6.42 Å². The number of H-pyrrole nitrogens is 1. The summed E-state index contributed by atoms with van der Waals surface area (Å²) in [6.45, 7) is 0.0242. The molecule has 118 valence electrons. The van der Waals surface area contributed by atoms with Gasteiger partial charge < -0.3 is 9.47 Å². The Morgan fingerprint density at radius 3 is 2.50 bits per heavy atom. The topological polar surface area (TPSA) is 64.2 Å². The summed E-state index contributed by atoms with van der Waals surface area (Å²) in [5, 5.41) is 0. The largest absolute Gasteiger partial charge is 0.573 e. The number of aromatic nitrogens is 2. The molecule has 0 aliphatic rings. The number of benzene rings is 1. The summed E-state index contributed by atoms with van der Waals surface area (Å²) in [4.78, 5) is 16.2. The van der Waals surface area contributed by atoms with Crippen molar-refractivity contribution in [1.29, 1.82) is 0 Å². The SMILES string of the molecule is O=c1ncc(F)c(OCCc2ccc(OC(F)(F)F)cc2)[nH]1. The first-order valence-corrected chi connectivity index (χ1v) is 6.06. The Kier molecular flexibility index (Phi) is 4.64. The first kappa shape index (κ1) is 15.8. The van der Waals surface area contributed by atoms with E-state index in [1.807, 2.05) is 0 Å². The Hall–Kier alpha value is -2.58. The molecule has 0 bridgehead atoms. The maximum Gasteiger partial charge on any atom is 0.573 e. The van der Waals surface area contributed by atoms with Gasteiger partial charge in [0, 0.05) is 6.42 Å². The molecule has 1 heterocycles. The molecule has 0 saturated carbocycles. The molecule has 1 N–H and O–H groups in total. The summed E-state index contributed by atoms with van der Waals surface area (Å²) in [7, 11) is 0. The van der Waals surface area contributed by atoms with Gasteiger partial charge in [-0.15, -0.1) is 13.2 Å². The third-order valence-electron chi connectivity index (χ3n) is 2.53. The zero-order chi connectivity index (χ0) is 16.2. The fraction of sp³-hybridized carbons (Fsp3) is 0.231. The van der Waals surface area contributed by atoms with Crippen LogP contribution >= 0.6 is 0 Å². The van der Waals surface area contributed by atoms with Gasteiger partial charge in [0.25, 0.3) is 0 Å². The molecule has 0 radical (unpaired) electrons. The van der Waals surface area contributed by atoms with Gasteiger partial charge in [0.05, 0.1) is 12.8 Å². The number of aromatic amines is 1. The van der Waals surface area contributed by atoms with E-state index in [4.69, 9.17) is 4.74 Å². The molecular formula is C13H10F4N2O3. The minimum atomic E-state index is -4.74. The number of halogens is 4. The van der Waals surface area contributed by atoms with Crippen LogP contribution in [0.1, 0.15) is 5.56 Å². The van der Waals surface area contributed by atoms with Crippen molar-refractivity contribution in [2.24, 2.45) is 0 Å². The lowest BCUT2D eigenvalue weighted by atomic mass is 10.1. The Morgan fingerprint density at radius 1 is 1.18 bits per heavy atom. The number of hydrogen-bond donors (Lipinski definition) is 1. The van der Waals surface area contributed by atoms with Crippen LogP contribution < -0.4 is 15.2 Å². The highest BCUT2D eigenvalue weighted by atomic mass is 19.4. The van der Waals surface area contributed by atoms with Crippen LogP contribution in [-0.4, -0.2) is 22.9 Å². The first-order chi connectivity index (χ1) is 10.3. The van der Waals surface area contributed by atoms with E-state index in [2.05, 4.69) is 14.7 Å². The van der Waals surface area contributed by atoms with Gasteiger partial charge in [0.1, 0.15) is 5.75 Å². The Labute approximate surface area is 121 Å². The first-order valence-electron chi connectivity index (χ1n) is 6.06. The van der Waals surface area contributed by atoms with Crippen molar-refractivity contribution >= 4 is 0 Å². The lowest BCUT2D eigenvalue weighted by Gasteiger charge is -2.09. The maximum atomic E-state index is 13.2. The van der Waals surface area contributed by atoms with Crippen LogP contribution in [0.2, 0.25) is 0 Å². The summed E-state index contributed by atoms with van der Waals surface area (Å²) in [6.07, 6.45) is -3.71. The molecule has 1 aromatic heterocycles. The molecule has 0 saturated heterocycles. The minimum absolute atomic E-state index is 0.0242. The normalized spacial score (nSPS) is 11.3. The Balaban J connectivity index is 1.89. The molecule has 0 amide bonds. The second-order valence-corrected chi connectivity index (χ2v) is 4.16. The molecule has 5 nitrogen and oxygen atoms in total. The van der Waals surface area contributed by atoms with Gasteiger partial charge in [-0.3, -0.25) is 4.98 Å². The van der Waals surface area contributed by atoms with E-state index in [1.165, 1.54) is 12.1 Å². The fourth-order valence-corrected chi connectivity index (χ4v) is 1.60. The number of ether oxygens (including phenoxy) is 2. The van der Waals surface area contributed by atoms with Crippen LogP contribution in [0.25, 0.3) is 0 Å². The third-order valence-corrected chi connectivity index (χ3v) is 2.53. The van der Waals surface area contributed by atoms with Gasteiger partial charge in [0.2, 0.25) is 11.7 Å². The lowest BCUT2D eigenvalue weighted by Crippen LogP contribution is -2.17. The predicted molar refractivity (Wildman–Crippen MR) is 67.1 cm³/mol. The van der Waals surface area contributed by atoms with E-state index in [9.17, 15) is 22.4 Å². The van der Waals surface area contributed by atoms with E-state index < -0.39 is 17.9 Å². The van der Waals surface area contributed by atoms with Crippen LogP contribution in [0.5, 0.6) is 11.6 Å². The van der Waals surface area contributed by atoms with Crippen molar-refractivity contribution in [2.75, 3.05) is 6.61 Å². The van der Waals surface area contributed by atoms with Crippen molar-refractivity contribution in [1.82, 2.24) is 9.97 Å². The molecule has 0 atom stereocenters. The van der Waals surface area contributed by atoms with Crippen molar-refractivity contribution in [2.45, 2.75) is 12.8 Å². The molecule has 0 spiro atoms. The summed E-state index contributed by atoms with van der Waals surface area (Å²) in [5.41, 5.74) is -0.0867. The van der Waals surface area contributed by atoms with Gasteiger partial charge in [-0.05, 0) is 17.7 Å². The summed E-state index contributed by atoms with van der Waals surface area (Å²) in [6, 6.07) is 5.18. The molecule has 0 aliphatic heterocycles. The molecule has 22 heavy (non-hydrogen) atoms. The number of nitrogens with one attached hydrogen (secondary N) is 1. The maximum absolute atomic E-state index is 13.2. The van der Waals surface area contributed by atoms with Crippen LogP contribution in [0.15, 0.2) is 35.3 Å². The molecule has 0 aliphatic carbocycles. The monoisotopic (exact) mass is 318 g/mol. The van der Waals surface area contributed by atoms with E-state index in [0.29, 0.717) is 12.0 Å². The number of hydrogen-bond acceptors (Lipinski definition) is 4. The fourth-order valence-electron chi connectivity index (χ4n) is 1.60. The smallest absolute Gasteiger partial charge is 0.476 e. The molecule has 2 aromatic rings. The highest BCUT2D eigenvalue weighted by molar-refractivity contribution is 5.27. The molecule has 0 unspecified atom stereocenters. The Bertz CT molecular complexity index is 683. The molecule has 9 heteroatoms. The second kappa shape index (κ2) is 6.46. The van der Waals surface area contributed by atoms with Gasteiger partial charge >= 0.3 is 12.1 Å². The summed E-state index contributed by atoms with van der Waals surface area (Å²) in [5.74, 6) is -1.48. The third kappa shape index (κ3) is 4.76. The van der Waals surface area contributed by atoms with E-state index in [-0.39, 0.29) is 18.2 Å². The number of rotatable bonds is 5. The highest BCUT2D eigenvalue weighted by Crippen LogP contribution is 2.22. The molecule has 2 rings (SSSR count). The summed E-state index contributed by atoms with van der Waals surface area (Å²) >= 11 is 0.